The monoisotopic (exact) mass is 424 g/mol. The molecule has 0 bridgehead atoms. The molecule has 1 N–H and O–H groups in total. The van der Waals surface area contributed by atoms with Crippen molar-refractivity contribution in [1.29, 1.82) is 0 Å². The van der Waals surface area contributed by atoms with Gasteiger partial charge in [0.1, 0.15) is 5.75 Å². The van der Waals surface area contributed by atoms with Gasteiger partial charge < -0.3 is 4.74 Å². The van der Waals surface area contributed by atoms with Gasteiger partial charge in [-0.1, -0.05) is 57.4 Å². The van der Waals surface area contributed by atoms with E-state index in [0.717, 1.165) is 24.0 Å². The summed E-state index contributed by atoms with van der Waals surface area (Å²) in [5.74, 6) is -0.124. The normalized spacial score (nSPS) is 12.4. The van der Waals surface area contributed by atoms with Gasteiger partial charge in [-0.15, -0.1) is 0 Å². The van der Waals surface area contributed by atoms with Gasteiger partial charge in [-0.2, -0.15) is 0 Å². The minimum absolute atomic E-state index is 0.0535. The van der Waals surface area contributed by atoms with Crippen LogP contribution < -0.4 is 10.2 Å². The molecule has 168 valence electrons. The third-order valence-electron chi connectivity index (χ3n) is 5.52. The lowest BCUT2D eigenvalue weighted by Crippen LogP contribution is -2.55. The summed E-state index contributed by atoms with van der Waals surface area (Å²) in [5, 5.41) is 1.20. The molecule has 5 nitrogen and oxygen atoms in total. The van der Waals surface area contributed by atoms with E-state index in [1.807, 2.05) is 45.0 Å². The fourth-order valence-corrected chi connectivity index (χ4v) is 3.76. The van der Waals surface area contributed by atoms with Gasteiger partial charge in [-0.3, -0.25) is 9.59 Å². The number of carbonyl (C=O) groups is 2. The van der Waals surface area contributed by atoms with Crippen LogP contribution >= 0.6 is 0 Å². The average molecular weight is 425 g/mol. The molecule has 5 heteroatoms. The number of aryl methyl sites for hydroxylation is 2. The molecule has 0 aliphatic heterocycles. The Morgan fingerprint density at radius 1 is 1.03 bits per heavy atom. The molecule has 0 saturated carbocycles. The van der Waals surface area contributed by atoms with E-state index in [1.54, 1.807) is 19.2 Å². The molecule has 0 radical (unpaired) electrons. The second-order valence-corrected chi connectivity index (χ2v) is 9.29. The van der Waals surface area contributed by atoms with Gasteiger partial charge in [0.15, 0.2) is 0 Å². The van der Waals surface area contributed by atoms with Crippen molar-refractivity contribution in [2.45, 2.75) is 67.3 Å². The molecule has 2 amide bonds. The maximum absolute atomic E-state index is 13.7. The van der Waals surface area contributed by atoms with Crippen LogP contribution in [0.4, 0.5) is 0 Å². The van der Waals surface area contributed by atoms with Crippen molar-refractivity contribution < 1.29 is 14.3 Å². The maximum atomic E-state index is 13.7. The summed E-state index contributed by atoms with van der Waals surface area (Å²) in [4.78, 5) is 27.3. The van der Waals surface area contributed by atoms with E-state index in [2.05, 4.69) is 33.1 Å². The third-order valence-corrected chi connectivity index (χ3v) is 5.52. The van der Waals surface area contributed by atoms with Gasteiger partial charge >= 0.3 is 0 Å². The summed E-state index contributed by atoms with van der Waals surface area (Å²) in [7, 11) is 1.57. The van der Waals surface area contributed by atoms with Crippen molar-refractivity contribution in [2.24, 2.45) is 5.41 Å². The topological polar surface area (TPSA) is 58.6 Å². The van der Waals surface area contributed by atoms with Crippen LogP contribution in [0, 0.1) is 26.2 Å². The Balaban J connectivity index is 2.56. The van der Waals surface area contributed by atoms with Crippen molar-refractivity contribution in [2.75, 3.05) is 7.11 Å². The summed E-state index contributed by atoms with van der Waals surface area (Å²) in [6.07, 6.45) is 1.78. The van der Waals surface area contributed by atoms with Crippen LogP contribution in [0.2, 0.25) is 0 Å². The van der Waals surface area contributed by atoms with E-state index in [9.17, 15) is 9.59 Å². The quantitative estimate of drug-likeness (QED) is 0.463. The molecule has 0 saturated heterocycles. The summed E-state index contributed by atoms with van der Waals surface area (Å²) >= 11 is 0. The van der Waals surface area contributed by atoms with Gasteiger partial charge in [0.05, 0.1) is 7.11 Å². The van der Waals surface area contributed by atoms with E-state index in [-0.39, 0.29) is 23.3 Å². The van der Waals surface area contributed by atoms with E-state index < -0.39 is 0 Å². The van der Waals surface area contributed by atoms with Gasteiger partial charge in [0.2, 0.25) is 0 Å². The summed E-state index contributed by atoms with van der Waals surface area (Å²) in [5.41, 5.74) is 6.75. The highest BCUT2D eigenvalue weighted by atomic mass is 16.5. The SMILES string of the molecule is CCC[C@@H](NN(C(=O)c1cc(C)cc(C)c1)C(=O)c1cccc(OC)c1C)C(C)(C)C. The van der Waals surface area contributed by atoms with Crippen LogP contribution in [-0.2, 0) is 0 Å². The highest BCUT2D eigenvalue weighted by Gasteiger charge is 2.32. The van der Waals surface area contributed by atoms with Crippen molar-refractivity contribution in [3.8, 4) is 5.75 Å². The number of ether oxygens (including phenoxy) is 1. The third kappa shape index (κ3) is 5.95. The fourth-order valence-electron chi connectivity index (χ4n) is 3.76. The molecule has 31 heavy (non-hydrogen) atoms. The van der Waals surface area contributed by atoms with Gasteiger partial charge in [-0.05, 0) is 56.9 Å². The zero-order chi connectivity index (χ0) is 23.3. The second-order valence-electron chi connectivity index (χ2n) is 9.29. The molecule has 2 rings (SSSR count). The first-order chi connectivity index (χ1) is 14.5. The van der Waals surface area contributed by atoms with Crippen molar-refractivity contribution in [3.63, 3.8) is 0 Å². The summed E-state index contributed by atoms with van der Waals surface area (Å²) in [6.45, 7) is 14.2. The van der Waals surface area contributed by atoms with Crippen molar-refractivity contribution in [3.05, 3.63) is 64.2 Å². The molecule has 0 fully saturated rings. The first-order valence-electron chi connectivity index (χ1n) is 10.9. The number of imide groups is 1. The summed E-state index contributed by atoms with van der Waals surface area (Å²) in [6, 6.07) is 10.9. The Hall–Kier alpha value is -2.66. The van der Waals surface area contributed by atoms with Crippen LogP contribution in [0.25, 0.3) is 0 Å². The van der Waals surface area contributed by atoms with Crippen LogP contribution in [0.3, 0.4) is 0 Å². The molecule has 0 unspecified atom stereocenters. The molecule has 0 aliphatic carbocycles. The lowest BCUT2D eigenvalue weighted by molar-refractivity contribution is 0.0424. The second kappa shape index (κ2) is 10.1. The van der Waals surface area contributed by atoms with Crippen LogP contribution in [0.1, 0.15) is 77.9 Å². The first kappa shape index (κ1) is 24.6. The smallest absolute Gasteiger partial charge is 0.275 e. The van der Waals surface area contributed by atoms with Gasteiger partial charge in [0.25, 0.3) is 11.8 Å². The lowest BCUT2D eigenvalue weighted by Gasteiger charge is -2.36. The largest absolute Gasteiger partial charge is 0.496 e. The maximum Gasteiger partial charge on any atom is 0.275 e. The molecule has 2 aromatic rings. The van der Waals surface area contributed by atoms with Crippen LogP contribution in [0.15, 0.2) is 36.4 Å². The molecule has 0 aromatic heterocycles. The zero-order valence-electron chi connectivity index (χ0n) is 20.1. The fraction of sp³-hybridized carbons (Fsp3) is 0.462. The van der Waals surface area contributed by atoms with Crippen LogP contribution in [0.5, 0.6) is 5.75 Å². The number of hydrazine groups is 1. The zero-order valence-corrected chi connectivity index (χ0v) is 20.1. The Labute approximate surface area is 186 Å². The molecule has 0 spiro atoms. The Morgan fingerprint density at radius 3 is 2.16 bits per heavy atom. The number of carbonyl (C=O) groups excluding carboxylic acids is 2. The number of hydrogen-bond acceptors (Lipinski definition) is 4. The Morgan fingerprint density at radius 2 is 1.65 bits per heavy atom. The number of nitrogens with zero attached hydrogens (tertiary/aromatic N) is 1. The van der Waals surface area contributed by atoms with E-state index in [4.69, 9.17) is 4.74 Å². The predicted molar refractivity (Wildman–Crippen MR) is 125 cm³/mol. The first-order valence-corrected chi connectivity index (χ1v) is 10.9. The lowest BCUT2D eigenvalue weighted by atomic mass is 9.84. The number of nitrogens with one attached hydrogen (secondary N) is 1. The average Bonchev–Trinajstić information content (AvgIpc) is 2.68. The standard InChI is InChI=1S/C26H36N2O3/c1-9-11-23(26(5,6)7)27-28(24(29)20-15-17(2)14-18(3)16-20)25(30)21-12-10-13-22(31-8)19(21)4/h10,12-16,23,27H,9,11H2,1-8H3/t23-/m1/s1. The number of rotatable bonds is 7. The van der Waals surface area contributed by atoms with E-state index in [0.29, 0.717) is 22.4 Å². The highest BCUT2D eigenvalue weighted by Crippen LogP contribution is 2.26. The molecular formula is C26H36N2O3. The minimum atomic E-state index is -0.383. The molecule has 2 aromatic carbocycles. The Kier molecular flexibility index (Phi) is 8.02. The van der Waals surface area contributed by atoms with Gasteiger partial charge in [-0.25, -0.2) is 10.4 Å². The number of benzene rings is 2. The van der Waals surface area contributed by atoms with Gasteiger partial charge in [0, 0.05) is 22.7 Å². The summed E-state index contributed by atoms with van der Waals surface area (Å²) < 4.78 is 5.39. The van der Waals surface area contributed by atoms with E-state index >= 15 is 0 Å². The molecular weight excluding hydrogens is 388 g/mol. The number of hydrogen-bond donors (Lipinski definition) is 1. The predicted octanol–water partition coefficient (Wildman–Crippen LogP) is 5.62. The molecule has 0 heterocycles. The van der Waals surface area contributed by atoms with E-state index in [1.165, 1.54) is 5.01 Å². The van der Waals surface area contributed by atoms with Crippen LogP contribution in [-0.4, -0.2) is 30.0 Å². The van der Waals surface area contributed by atoms with Crippen molar-refractivity contribution >= 4 is 11.8 Å². The van der Waals surface area contributed by atoms with Crippen molar-refractivity contribution in [1.82, 2.24) is 10.4 Å². The number of methoxy groups -OCH3 is 1. The minimum Gasteiger partial charge on any atom is -0.496 e. The highest BCUT2D eigenvalue weighted by molar-refractivity contribution is 6.10. The number of amides is 2. The molecule has 1 atom stereocenters. The Bertz CT molecular complexity index is 924. The molecule has 0 aliphatic rings.